The second kappa shape index (κ2) is 7.31. The number of benzene rings is 1. The maximum absolute atomic E-state index is 12.2. The van der Waals surface area contributed by atoms with E-state index in [0.717, 1.165) is 18.0 Å². The number of carbonyl (C=O) groups excluding carboxylic acids is 1. The van der Waals surface area contributed by atoms with Crippen LogP contribution in [0.25, 0.3) is 0 Å². The Morgan fingerprint density at radius 3 is 2.79 bits per heavy atom. The molecule has 0 spiro atoms. The molecule has 3 rings (SSSR count). The van der Waals surface area contributed by atoms with E-state index in [-0.39, 0.29) is 11.7 Å². The summed E-state index contributed by atoms with van der Waals surface area (Å²) >= 11 is 7.46. The Balaban J connectivity index is 1.64. The van der Waals surface area contributed by atoms with Crippen LogP contribution >= 0.6 is 23.4 Å². The second-order valence-electron chi connectivity index (χ2n) is 5.28. The minimum absolute atomic E-state index is 0.176. The van der Waals surface area contributed by atoms with Gasteiger partial charge in [-0.2, -0.15) is 0 Å². The number of nitrogens with zero attached hydrogens (tertiary/aromatic N) is 3. The first kappa shape index (κ1) is 16.9. The number of aromatic nitrogens is 3. The summed E-state index contributed by atoms with van der Waals surface area (Å²) in [4.78, 5) is 12.2. The Hall–Kier alpha value is -1.93. The van der Waals surface area contributed by atoms with Crippen LogP contribution in [0.2, 0.25) is 5.02 Å². The van der Waals surface area contributed by atoms with E-state index in [4.69, 9.17) is 21.1 Å². The first-order valence-corrected chi connectivity index (χ1v) is 8.72. The number of anilines is 1. The molecule has 1 fully saturated rings. The van der Waals surface area contributed by atoms with E-state index < -0.39 is 0 Å². The van der Waals surface area contributed by atoms with Gasteiger partial charge in [0.25, 0.3) is 0 Å². The van der Waals surface area contributed by atoms with Crippen molar-refractivity contribution in [2.45, 2.75) is 24.0 Å². The molecule has 2 aromatic rings. The summed E-state index contributed by atoms with van der Waals surface area (Å²) in [6, 6.07) is 3.72. The monoisotopic (exact) mass is 368 g/mol. The van der Waals surface area contributed by atoms with Crippen LogP contribution < -0.4 is 14.8 Å². The molecule has 1 saturated carbocycles. The van der Waals surface area contributed by atoms with Crippen molar-refractivity contribution in [3.05, 3.63) is 23.5 Å². The molecule has 1 aromatic carbocycles. The minimum Gasteiger partial charge on any atom is -0.495 e. The molecule has 0 atom stereocenters. The Morgan fingerprint density at radius 2 is 2.12 bits per heavy atom. The van der Waals surface area contributed by atoms with E-state index in [0.29, 0.717) is 28.3 Å². The molecule has 1 aliphatic carbocycles. The smallest absolute Gasteiger partial charge is 0.234 e. The number of nitrogens with one attached hydrogen (secondary N) is 1. The van der Waals surface area contributed by atoms with Gasteiger partial charge in [-0.1, -0.05) is 23.4 Å². The highest BCUT2D eigenvalue weighted by Gasteiger charge is 2.26. The third kappa shape index (κ3) is 3.76. The van der Waals surface area contributed by atoms with Crippen molar-refractivity contribution in [2.75, 3.05) is 25.3 Å². The van der Waals surface area contributed by atoms with Crippen molar-refractivity contribution in [3.8, 4) is 11.5 Å². The van der Waals surface area contributed by atoms with Gasteiger partial charge in [0.15, 0.2) is 5.16 Å². The van der Waals surface area contributed by atoms with Crippen LogP contribution in [-0.2, 0) is 4.79 Å². The van der Waals surface area contributed by atoms with Crippen molar-refractivity contribution in [2.24, 2.45) is 0 Å². The van der Waals surface area contributed by atoms with Gasteiger partial charge in [-0.25, -0.2) is 0 Å². The van der Waals surface area contributed by atoms with Crippen LogP contribution in [0.5, 0.6) is 11.5 Å². The fourth-order valence-electron chi connectivity index (χ4n) is 2.21. The highest BCUT2D eigenvalue weighted by Crippen LogP contribution is 2.38. The number of rotatable bonds is 7. The van der Waals surface area contributed by atoms with Crippen molar-refractivity contribution < 1.29 is 14.3 Å². The van der Waals surface area contributed by atoms with E-state index in [9.17, 15) is 4.79 Å². The Labute approximate surface area is 148 Å². The van der Waals surface area contributed by atoms with Gasteiger partial charge in [-0.3, -0.25) is 4.79 Å². The molecule has 0 unspecified atom stereocenters. The zero-order chi connectivity index (χ0) is 17.1. The zero-order valence-electron chi connectivity index (χ0n) is 13.3. The number of ether oxygens (including phenoxy) is 2. The van der Waals surface area contributed by atoms with Gasteiger partial charge < -0.3 is 19.4 Å². The maximum Gasteiger partial charge on any atom is 0.234 e. The fourth-order valence-corrected chi connectivity index (χ4v) is 3.24. The molecular weight excluding hydrogens is 352 g/mol. The molecular formula is C15H17ClN4O3S. The predicted molar refractivity (Wildman–Crippen MR) is 92.2 cm³/mol. The molecule has 0 bridgehead atoms. The van der Waals surface area contributed by atoms with Crippen LogP contribution in [0.4, 0.5) is 5.69 Å². The number of hydrogen-bond acceptors (Lipinski definition) is 6. The number of halogens is 1. The highest BCUT2D eigenvalue weighted by atomic mass is 35.5. The first-order valence-electron chi connectivity index (χ1n) is 7.36. The first-order chi connectivity index (χ1) is 11.6. The minimum atomic E-state index is -0.176. The summed E-state index contributed by atoms with van der Waals surface area (Å²) in [6.45, 7) is 0. The van der Waals surface area contributed by atoms with Gasteiger partial charge in [0.1, 0.15) is 17.8 Å². The summed E-state index contributed by atoms with van der Waals surface area (Å²) in [7, 11) is 3.04. The molecule has 0 radical (unpaired) electrons. The van der Waals surface area contributed by atoms with Gasteiger partial charge >= 0.3 is 0 Å². The lowest BCUT2D eigenvalue weighted by atomic mass is 10.2. The molecule has 9 heteroatoms. The normalized spacial score (nSPS) is 13.6. The highest BCUT2D eigenvalue weighted by molar-refractivity contribution is 7.99. The molecule has 0 saturated heterocycles. The fraction of sp³-hybridized carbons (Fsp3) is 0.400. The topological polar surface area (TPSA) is 78.3 Å². The van der Waals surface area contributed by atoms with Crippen molar-refractivity contribution in [3.63, 3.8) is 0 Å². The lowest BCUT2D eigenvalue weighted by Crippen LogP contribution is -2.15. The van der Waals surface area contributed by atoms with Gasteiger partial charge in [0.2, 0.25) is 5.91 Å². The molecule has 1 aromatic heterocycles. The van der Waals surface area contributed by atoms with E-state index in [1.54, 1.807) is 18.5 Å². The molecule has 1 aliphatic rings. The molecule has 0 aliphatic heterocycles. The maximum atomic E-state index is 12.2. The largest absolute Gasteiger partial charge is 0.495 e. The molecule has 7 nitrogen and oxygen atoms in total. The van der Waals surface area contributed by atoms with Gasteiger partial charge in [0.05, 0.1) is 30.7 Å². The van der Waals surface area contributed by atoms with Crippen molar-refractivity contribution >= 4 is 35.0 Å². The van der Waals surface area contributed by atoms with Crippen LogP contribution in [-0.4, -0.2) is 40.6 Å². The molecule has 1 amide bonds. The lowest BCUT2D eigenvalue weighted by molar-refractivity contribution is -0.113. The predicted octanol–water partition coefficient (Wildman–Crippen LogP) is 3.01. The summed E-state index contributed by atoms with van der Waals surface area (Å²) in [5.41, 5.74) is 0.498. The van der Waals surface area contributed by atoms with Crippen molar-refractivity contribution in [1.82, 2.24) is 14.8 Å². The van der Waals surface area contributed by atoms with Crippen LogP contribution in [0, 0.1) is 0 Å². The van der Waals surface area contributed by atoms with Crippen LogP contribution in [0.15, 0.2) is 23.6 Å². The van der Waals surface area contributed by atoms with Crippen molar-refractivity contribution in [1.29, 1.82) is 0 Å². The van der Waals surface area contributed by atoms with Gasteiger partial charge in [-0.05, 0) is 18.9 Å². The molecule has 1 heterocycles. The summed E-state index contributed by atoms with van der Waals surface area (Å²) in [6.07, 6.45) is 3.99. The van der Waals surface area contributed by atoms with Gasteiger partial charge in [0, 0.05) is 12.1 Å². The lowest BCUT2D eigenvalue weighted by Gasteiger charge is -2.13. The van der Waals surface area contributed by atoms with Crippen LogP contribution in [0.3, 0.4) is 0 Å². The van der Waals surface area contributed by atoms with E-state index in [2.05, 4.69) is 15.5 Å². The van der Waals surface area contributed by atoms with Crippen LogP contribution in [0.1, 0.15) is 18.9 Å². The number of amides is 1. The van der Waals surface area contributed by atoms with Gasteiger partial charge in [-0.15, -0.1) is 10.2 Å². The van der Waals surface area contributed by atoms with E-state index >= 15 is 0 Å². The third-order valence-corrected chi connectivity index (χ3v) is 4.81. The average Bonchev–Trinajstić information content (AvgIpc) is 3.31. The Kier molecular flexibility index (Phi) is 5.15. The Morgan fingerprint density at radius 1 is 1.38 bits per heavy atom. The number of hydrogen-bond donors (Lipinski definition) is 1. The third-order valence-electron chi connectivity index (χ3n) is 3.56. The molecule has 1 N–H and O–H groups in total. The molecule has 128 valence electrons. The van der Waals surface area contributed by atoms with E-state index in [1.165, 1.54) is 26.0 Å². The summed E-state index contributed by atoms with van der Waals surface area (Å²) in [5, 5.41) is 11.9. The molecule has 24 heavy (non-hydrogen) atoms. The van der Waals surface area contributed by atoms with E-state index in [1.807, 2.05) is 4.57 Å². The standard InChI is InChI=1S/C15H17ClN4O3S/c1-22-12-6-13(23-2)11(5-10(12)16)18-14(21)7-24-15-19-17-8-20(15)9-3-4-9/h5-6,8-9H,3-4,7H2,1-2H3,(H,18,21). The summed E-state index contributed by atoms with van der Waals surface area (Å²) < 4.78 is 12.4. The number of methoxy groups -OCH3 is 2. The number of carbonyl (C=O) groups is 1. The Bertz CT molecular complexity index is 748. The quantitative estimate of drug-likeness (QED) is 0.757. The number of thioether (sulfide) groups is 1. The zero-order valence-corrected chi connectivity index (χ0v) is 14.9. The SMILES string of the molecule is COc1cc(OC)c(NC(=O)CSc2nncn2C2CC2)cc1Cl. The second-order valence-corrected chi connectivity index (χ2v) is 6.63. The summed E-state index contributed by atoms with van der Waals surface area (Å²) in [5.74, 6) is 1.01. The average molecular weight is 369 g/mol.